The number of nitrogens with one attached hydrogen (secondary N) is 2. The van der Waals surface area contributed by atoms with E-state index in [1.54, 1.807) is 12.1 Å². The fraction of sp³-hybridized carbons (Fsp3) is 0.538. The molecule has 0 fully saturated rings. The maximum atomic E-state index is 12.1. The van der Waals surface area contributed by atoms with Crippen LogP contribution in [0, 0.1) is 0 Å². The standard InChI is InChI=1S/C13H21BrN2O2S/c1-3-7-15-10-11-5-6-12(14)13(9-11)19(17,18)16-8-4-2/h5-6,9,15-16H,3-4,7-8,10H2,1-2H3. The van der Waals surface area contributed by atoms with Gasteiger partial charge < -0.3 is 5.32 Å². The Balaban J connectivity index is 2.90. The van der Waals surface area contributed by atoms with Gasteiger partial charge in [0.1, 0.15) is 0 Å². The van der Waals surface area contributed by atoms with Gasteiger partial charge in [-0.1, -0.05) is 19.9 Å². The van der Waals surface area contributed by atoms with Gasteiger partial charge in [-0.15, -0.1) is 0 Å². The van der Waals surface area contributed by atoms with Crippen LogP contribution in [-0.2, 0) is 16.6 Å². The van der Waals surface area contributed by atoms with Gasteiger partial charge in [0.2, 0.25) is 10.0 Å². The summed E-state index contributed by atoms with van der Waals surface area (Å²) in [7, 11) is -3.43. The highest BCUT2D eigenvalue weighted by Gasteiger charge is 2.17. The molecule has 19 heavy (non-hydrogen) atoms. The first-order valence-electron chi connectivity index (χ1n) is 6.50. The lowest BCUT2D eigenvalue weighted by atomic mass is 10.2. The van der Waals surface area contributed by atoms with Gasteiger partial charge >= 0.3 is 0 Å². The Morgan fingerprint density at radius 1 is 1.16 bits per heavy atom. The van der Waals surface area contributed by atoms with Crippen LogP contribution in [0.2, 0.25) is 0 Å². The van der Waals surface area contributed by atoms with Crippen LogP contribution >= 0.6 is 15.9 Å². The van der Waals surface area contributed by atoms with Gasteiger partial charge in [-0.05, 0) is 53.0 Å². The van der Waals surface area contributed by atoms with E-state index >= 15 is 0 Å². The summed E-state index contributed by atoms with van der Waals surface area (Å²) in [6, 6.07) is 5.42. The molecule has 1 aromatic rings. The molecule has 2 N–H and O–H groups in total. The molecule has 0 aliphatic rings. The molecular weight excluding hydrogens is 328 g/mol. The average Bonchev–Trinajstić information content (AvgIpc) is 2.38. The summed E-state index contributed by atoms with van der Waals surface area (Å²) in [4.78, 5) is 0.303. The van der Waals surface area contributed by atoms with Crippen molar-refractivity contribution in [2.75, 3.05) is 13.1 Å². The van der Waals surface area contributed by atoms with Crippen molar-refractivity contribution in [3.05, 3.63) is 28.2 Å². The van der Waals surface area contributed by atoms with E-state index in [9.17, 15) is 8.42 Å². The molecule has 0 amide bonds. The molecule has 0 saturated heterocycles. The van der Waals surface area contributed by atoms with Crippen LogP contribution in [0.3, 0.4) is 0 Å². The molecule has 0 atom stereocenters. The maximum Gasteiger partial charge on any atom is 0.241 e. The van der Waals surface area contributed by atoms with E-state index in [2.05, 4.69) is 32.9 Å². The van der Waals surface area contributed by atoms with E-state index in [0.717, 1.165) is 24.9 Å². The Hall–Kier alpha value is -0.430. The Labute approximate surface area is 124 Å². The van der Waals surface area contributed by atoms with Crippen molar-refractivity contribution in [3.8, 4) is 0 Å². The van der Waals surface area contributed by atoms with Crippen LogP contribution < -0.4 is 10.0 Å². The van der Waals surface area contributed by atoms with Crippen molar-refractivity contribution in [1.29, 1.82) is 0 Å². The van der Waals surface area contributed by atoms with Crippen molar-refractivity contribution < 1.29 is 8.42 Å². The third-order valence-corrected chi connectivity index (χ3v) is 5.04. The molecule has 1 aromatic carbocycles. The lowest BCUT2D eigenvalue weighted by Crippen LogP contribution is -2.25. The Morgan fingerprint density at radius 3 is 2.47 bits per heavy atom. The molecule has 0 aromatic heterocycles. The molecule has 0 aliphatic carbocycles. The third kappa shape index (κ3) is 5.22. The Kier molecular flexibility index (Phi) is 6.99. The summed E-state index contributed by atoms with van der Waals surface area (Å²) in [6.07, 6.45) is 1.83. The average molecular weight is 349 g/mol. The lowest BCUT2D eigenvalue weighted by Gasteiger charge is -2.10. The van der Waals surface area contributed by atoms with Gasteiger partial charge in [-0.3, -0.25) is 0 Å². The normalized spacial score (nSPS) is 11.7. The van der Waals surface area contributed by atoms with Crippen LogP contribution in [-0.4, -0.2) is 21.5 Å². The largest absolute Gasteiger partial charge is 0.313 e. The van der Waals surface area contributed by atoms with Crippen molar-refractivity contribution in [2.24, 2.45) is 0 Å². The molecule has 1 rings (SSSR count). The van der Waals surface area contributed by atoms with Gasteiger partial charge in [-0.2, -0.15) is 0 Å². The van der Waals surface area contributed by atoms with Crippen molar-refractivity contribution in [1.82, 2.24) is 10.0 Å². The van der Waals surface area contributed by atoms with Crippen LogP contribution in [0.5, 0.6) is 0 Å². The van der Waals surface area contributed by atoms with Gasteiger partial charge in [0.25, 0.3) is 0 Å². The molecule has 0 bridgehead atoms. The van der Waals surface area contributed by atoms with Gasteiger partial charge in [0.15, 0.2) is 0 Å². The monoisotopic (exact) mass is 348 g/mol. The first-order valence-corrected chi connectivity index (χ1v) is 8.77. The number of sulfonamides is 1. The van der Waals surface area contributed by atoms with Gasteiger partial charge in [0.05, 0.1) is 4.90 Å². The second kappa shape index (κ2) is 7.99. The summed E-state index contributed by atoms with van der Waals surface area (Å²) in [5, 5.41) is 3.26. The van der Waals surface area contributed by atoms with Gasteiger partial charge in [-0.25, -0.2) is 13.1 Å². The molecule has 108 valence electrons. The molecule has 0 radical (unpaired) electrons. The minimum absolute atomic E-state index is 0.303. The predicted octanol–water partition coefficient (Wildman–Crippen LogP) is 2.64. The number of benzene rings is 1. The van der Waals surface area contributed by atoms with Crippen molar-refractivity contribution >= 4 is 26.0 Å². The van der Waals surface area contributed by atoms with E-state index < -0.39 is 10.0 Å². The van der Waals surface area contributed by atoms with Crippen molar-refractivity contribution in [2.45, 2.75) is 38.1 Å². The smallest absolute Gasteiger partial charge is 0.241 e. The molecule has 0 heterocycles. The van der Waals surface area contributed by atoms with Crippen LogP contribution in [0.1, 0.15) is 32.3 Å². The van der Waals surface area contributed by atoms with Crippen LogP contribution in [0.25, 0.3) is 0 Å². The van der Waals surface area contributed by atoms with E-state index in [4.69, 9.17) is 0 Å². The number of rotatable bonds is 8. The Morgan fingerprint density at radius 2 is 1.84 bits per heavy atom. The molecule has 0 aliphatic heterocycles. The highest BCUT2D eigenvalue weighted by molar-refractivity contribution is 9.10. The molecule has 0 saturated carbocycles. The number of halogens is 1. The highest BCUT2D eigenvalue weighted by Crippen LogP contribution is 2.23. The molecule has 4 nitrogen and oxygen atoms in total. The zero-order valence-electron chi connectivity index (χ0n) is 11.4. The van der Waals surface area contributed by atoms with E-state index in [1.807, 2.05) is 13.0 Å². The topological polar surface area (TPSA) is 58.2 Å². The zero-order valence-corrected chi connectivity index (χ0v) is 13.8. The lowest BCUT2D eigenvalue weighted by molar-refractivity contribution is 0.580. The Bertz CT molecular complexity index is 503. The first kappa shape index (κ1) is 16.6. The fourth-order valence-electron chi connectivity index (χ4n) is 1.59. The second-order valence-corrected chi connectivity index (χ2v) is 6.93. The summed E-state index contributed by atoms with van der Waals surface area (Å²) in [6.45, 7) is 6.08. The quantitative estimate of drug-likeness (QED) is 0.710. The minimum atomic E-state index is -3.43. The summed E-state index contributed by atoms with van der Waals surface area (Å²) >= 11 is 3.30. The zero-order chi connectivity index (χ0) is 14.3. The second-order valence-electron chi connectivity index (χ2n) is 4.34. The number of hydrogen-bond acceptors (Lipinski definition) is 3. The highest BCUT2D eigenvalue weighted by atomic mass is 79.9. The molecule has 0 unspecified atom stereocenters. The molecular formula is C13H21BrN2O2S. The van der Waals surface area contributed by atoms with Crippen LogP contribution in [0.15, 0.2) is 27.6 Å². The third-order valence-electron chi connectivity index (χ3n) is 2.58. The summed E-state index contributed by atoms with van der Waals surface area (Å²) in [5.74, 6) is 0. The molecule has 6 heteroatoms. The number of hydrogen-bond donors (Lipinski definition) is 2. The summed E-state index contributed by atoms with van der Waals surface area (Å²) < 4.78 is 27.4. The van der Waals surface area contributed by atoms with Crippen LogP contribution in [0.4, 0.5) is 0 Å². The van der Waals surface area contributed by atoms with E-state index in [-0.39, 0.29) is 0 Å². The minimum Gasteiger partial charge on any atom is -0.313 e. The van der Waals surface area contributed by atoms with Gasteiger partial charge in [0, 0.05) is 17.6 Å². The van der Waals surface area contributed by atoms with Crippen molar-refractivity contribution in [3.63, 3.8) is 0 Å². The molecule has 0 spiro atoms. The predicted molar refractivity (Wildman–Crippen MR) is 81.6 cm³/mol. The SMILES string of the molecule is CCCNCc1ccc(Br)c(S(=O)(=O)NCCC)c1. The first-order chi connectivity index (χ1) is 9.01. The fourth-order valence-corrected chi connectivity index (χ4v) is 3.73. The maximum absolute atomic E-state index is 12.1. The van der Waals surface area contributed by atoms with E-state index in [1.165, 1.54) is 0 Å². The summed E-state index contributed by atoms with van der Waals surface area (Å²) in [5.41, 5.74) is 0.966. The van der Waals surface area contributed by atoms with E-state index in [0.29, 0.717) is 22.5 Å².